The summed E-state index contributed by atoms with van der Waals surface area (Å²) in [5.74, 6) is 0.261. The maximum Gasteiger partial charge on any atom is 0.349 e. The van der Waals surface area contributed by atoms with E-state index in [1.807, 2.05) is 48.5 Å². The van der Waals surface area contributed by atoms with E-state index in [0.29, 0.717) is 11.5 Å². The second-order valence-corrected chi connectivity index (χ2v) is 6.14. The number of allylic oxidation sites excluding steroid dienone is 2. The van der Waals surface area contributed by atoms with Crippen LogP contribution in [-0.4, -0.2) is 16.8 Å². The van der Waals surface area contributed by atoms with Crippen molar-refractivity contribution in [3.05, 3.63) is 71.7 Å². The van der Waals surface area contributed by atoms with Gasteiger partial charge in [-0.15, -0.1) is 0 Å². The Labute approximate surface area is 145 Å². The number of benzene rings is 2. The van der Waals surface area contributed by atoms with E-state index in [4.69, 9.17) is 9.47 Å². The molecule has 2 N–H and O–H groups in total. The standard InChI is InChI=1S/C20H17NO4/c1-12-11-20(18(13(2)22)19(23)24-12)21-16-10-15(8-9-17(16)25-20)14-6-4-3-5-7-14/h3-11,21-22H,1-2H3/t20-/m0/s1. The zero-order valence-corrected chi connectivity index (χ0v) is 13.9. The number of nitrogens with one attached hydrogen (secondary N) is 1. The van der Waals surface area contributed by atoms with Crippen LogP contribution >= 0.6 is 0 Å². The number of aliphatic hydroxyl groups is 1. The molecule has 0 unspecified atom stereocenters. The van der Waals surface area contributed by atoms with E-state index in [2.05, 4.69) is 5.32 Å². The molecule has 1 spiro atoms. The highest BCUT2D eigenvalue weighted by molar-refractivity contribution is 5.95. The Kier molecular flexibility index (Phi) is 3.32. The van der Waals surface area contributed by atoms with Crippen LogP contribution in [0.1, 0.15) is 13.8 Å². The zero-order chi connectivity index (χ0) is 17.6. The summed E-state index contributed by atoms with van der Waals surface area (Å²) in [4.78, 5) is 12.2. The zero-order valence-electron chi connectivity index (χ0n) is 13.9. The molecule has 0 amide bonds. The van der Waals surface area contributed by atoms with Gasteiger partial charge in [-0.2, -0.15) is 0 Å². The molecular formula is C20H17NO4. The minimum atomic E-state index is -1.25. The number of cyclic esters (lactones) is 1. The average molecular weight is 335 g/mol. The van der Waals surface area contributed by atoms with Crippen molar-refractivity contribution in [1.82, 2.24) is 0 Å². The van der Waals surface area contributed by atoms with Crippen LogP contribution < -0.4 is 10.1 Å². The van der Waals surface area contributed by atoms with Crippen molar-refractivity contribution in [2.75, 3.05) is 5.32 Å². The van der Waals surface area contributed by atoms with Gasteiger partial charge in [-0.25, -0.2) is 4.79 Å². The van der Waals surface area contributed by atoms with Crippen molar-refractivity contribution in [2.45, 2.75) is 19.6 Å². The van der Waals surface area contributed by atoms with Gasteiger partial charge >= 0.3 is 5.97 Å². The van der Waals surface area contributed by atoms with E-state index in [9.17, 15) is 9.90 Å². The highest BCUT2D eigenvalue weighted by Crippen LogP contribution is 2.45. The molecule has 0 saturated heterocycles. The highest BCUT2D eigenvalue weighted by atomic mass is 16.6. The number of carbonyl (C=O) groups is 1. The fourth-order valence-corrected chi connectivity index (χ4v) is 3.26. The van der Waals surface area contributed by atoms with E-state index in [1.165, 1.54) is 6.92 Å². The van der Waals surface area contributed by atoms with Crippen molar-refractivity contribution >= 4 is 11.7 Å². The Bertz CT molecular complexity index is 926. The Hall–Kier alpha value is -3.21. The molecule has 126 valence electrons. The number of aliphatic hydroxyl groups excluding tert-OH is 1. The molecule has 5 heteroatoms. The van der Waals surface area contributed by atoms with Crippen molar-refractivity contribution in [1.29, 1.82) is 0 Å². The number of anilines is 1. The quantitative estimate of drug-likeness (QED) is 0.465. The summed E-state index contributed by atoms with van der Waals surface area (Å²) in [6, 6.07) is 15.8. The number of rotatable bonds is 1. The normalized spacial score (nSPS) is 23.3. The summed E-state index contributed by atoms with van der Waals surface area (Å²) < 4.78 is 11.2. The van der Waals surface area contributed by atoms with Crippen LogP contribution in [0.25, 0.3) is 11.1 Å². The second kappa shape index (κ2) is 5.41. The monoisotopic (exact) mass is 335 g/mol. The fraction of sp³-hybridized carbons (Fsp3) is 0.150. The first kappa shape index (κ1) is 15.3. The summed E-state index contributed by atoms with van der Waals surface area (Å²) >= 11 is 0. The Morgan fingerprint density at radius 3 is 2.60 bits per heavy atom. The van der Waals surface area contributed by atoms with Crippen molar-refractivity contribution in [3.8, 4) is 16.9 Å². The van der Waals surface area contributed by atoms with E-state index in [1.54, 1.807) is 13.0 Å². The molecule has 2 aromatic carbocycles. The molecule has 4 rings (SSSR count). The number of ether oxygens (including phenoxy) is 2. The van der Waals surface area contributed by atoms with Crippen LogP contribution in [0, 0.1) is 0 Å². The van der Waals surface area contributed by atoms with E-state index in [0.717, 1.165) is 16.8 Å². The van der Waals surface area contributed by atoms with Gasteiger partial charge in [0.2, 0.25) is 5.72 Å². The summed E-state index contributed by atoms with van der Waals surface area (Å²) in [6.07, 6.45) is 1.66. The van der Waals surface area contributed by atoms with Gasteiger partial charge < -0.3 is 19.9 Å². The molecule has 0 radical (unpaired) electrons. The van der Waals surface area contributed by atoms with Gasteiger partial charge in [0.05, 0.1) is 5.69 Å². The first-order chi connectivity index (χ1) is 12.0. The molecular weight excluding hydrogens is 318 g/mol. The first-order valence-corrected chi connectivity index (χ1v) is 7.97. The van der Waals surface area contributed by atoms with E-state index >= 15 is 0 Å². The van der Waals surface area contributed by atoms with E-state index in [-0.39, 0.29) is 11.3 Å². The maximum atomic E-state index is 12.2. The number of hydrogen-bond donors (Lipinski definition) is 2. The predicted molar refractivity (Wildman–Crippen MR) is 94.0 cm³/mol. The van der Waals surface area contributed by atoms with Crippen LogP contribution in [0.4, 0.5) is 5.69 Å². The lowest BCUT2D eigenvalue weighted by Crippen LogP contribution is -2.47. The Balaban J connectivity index is 1.79. The van der Waals surface area contributed by atoms with Crippen molar-refractivity contribution in [2.24, 2.45) is 0 Å². The van der Waals surface area contributed by atoms with Crippen molar-refractivity contribution < 1.29 is 19.4 Å². The molecule has 1 atom stereocenters. The lowest BCUT2D eigenvalue weighted by molar-refractivity contribution is -0.138. The fourth-order valence-electron chi connectivity index (χ4n) is 3.26. The third kappa shape index (κ3) is 2.45. The van der Waals surface area contributed by atoms with Crippen LogP contribution in [0.3, 0.4) is 0 Å². The predicted octanol–water partition coefficient (Wildman–Crippen LogP) is 4.15. The van der Waals surface area contributed by atoms with Gasteiger partial charge in [-0.1, -0.05) is 36.4 Å². The third-order valence-electron chi connectivity index (χ3n) is 4.28. The molecule has 25 heavy (non-hydrogen) atoms. The summed E-state index contributed by atoms with van der Waals surface area (Å²) in [7, 11) is 0. The van der Waals surface area contributed by atoms with Gasteiger partial charge in [0.1, 0.15) is 22.8 Å². The molecule has 5 nitrogen and oxygen atoms in total. The lowest BCUT2D eigenvalue weighted by atomic mass is 9.98. The summed E-state index contributed by atoms with van der Waals surface area (Å²) in [5.41, 5.74) is 1.65. The smallest absolute Gasteiger partial charge is 0.349 e. The van der Waals surface area contributed by atoms with Gasteiger partial charge in [0.25, 0.3) is 0 Å². The second-order valence-electron chi connectivity index (χ2n) is 6.14. The molecule has 0 saturated carbocycles. The van der Waals surface area contributed by atoms with Crippen LogP contribution in [0.15, 0.2) is 71.7 Å². The summed E-state index contributed by atoms with van der Waals surface area (Å²) in [5, 5.41) is 13.2. The maximum absolute atomic E-state index is 12.2. The number of esters is 1. The minimum absolute atomic E-state index is 0.0514. The first-order valence-electron chi connectivity index (χ1n) is 7.97. The summed E-state index contributed by atoms with van der Waals surface area (Å²) in [6.45, 7) is 3.11. The molecule has 0 aromatic heterocycles. The van der Waals surface area contributed by atoms with Gasteiger partial charge in [0.15, 0.2) is 0 Å². The average Bonchev–Trinajstić information content (AvgIpc) is 2.90. The third-order valence-corrected chi connectivity index (χ3v) is 4.28. The minimum Gasteiger partial charge on any atom is -0.512 e. The lowest BCUT2D eigenvalue weighted by Gasteiger charge is -2.31. The van der Waals surface area contributed by atoms with Crippen LogP contribution in [-0.2, 0) is 9.53 Å². The topological polar surface area (TPSA) is 67.8 Å². The molecule has 0 bridgehead atoms. The van der Waals surface area contributed by atoms with Gasteiger partial charge in [-0.3, -0.25) is 0 Å². The Morgan fingerprint density at radius 1 is 1.12 bits per heavy atom. The van der Waals surface area contributed by atoms with E-state index < -0.39 is 11.7 Å². The largest absolute Gasteiger partial charge is 0.512 e. The highest BCUT2D eigenvalue weighted by Gasteiger charge is 2.49. The number of fused-ring (bicyclic) bond motifs is 1. The van der Waals surface area contributed by atoms with Gasteiger partial charge in [-0.05, 0) is 37.1 Å². The van der Waals surface area contributed by atoms with Gasteiger partial charge in [0, 0.05) is 6.08 Å². The SMILES string of the molecule is CC1=C[C@@]2(Nc3cc(-c4ccccc4)ccc3O2)C(=C(C)O)C(=O)O1. The van der Waals surface area contributed by atoms with Crippen LogP contribution in [0.5, 0.6) is 5.75 Å². The Morgan fingerprint density at radius 2 is 1.88 bits per heavy atom. The molecule has 2 aliphatic heterocycles. The number of hydrogen-bond acceptors (Lipinski definition) is 5. The molecule has 2 aromatic rings. The van der Waals surface area contributed by atoms with Crippen LogP contribution in [0.2, 0.25) is 0 Å². The van der Waals surface area contributed by atoms with Crippen molar-refractivity contribution in [3.63, 3.8) is 0 Å². The molecule has 0 fully saturated rings. The molecule has 2 heterocycles. The number of carbonyl (C=O) groups excluding carboxylic acids is 1. The molecule has 0 aliphatic carbocycles. The molecule has 2 aliphatic rings.